The zero-order chi connectivity index (χ0) is 15.1. The molecule has 2 heterocycles. The van der Waals surface area contributed by atoms with E-state index in [1.165, 1.54) is 0 Å². The Morgan fingerprint density at radius 3 is 2.71 bits per heavy atom. The quantitative estimate of drug-likeness (QED) is 0.755. The summed E-state index contributed by atoms with van der Waals surface area (Å²) >= 11 is 0. The lowest BCUT2D eigenvalue weighted by atomic mass is 10.3. The Hall–Kier alpha value is -1.82. The Kier molecular flexibility index (Phi) is 5.80. The van der Waals surface area contributed by atoms with Gasteiger partial charge in [0.1, 0.15) is 5.82 Å². The first-order chi connectivity index (χ1) is 10.2. The van der Waals surface area contributed by atoms with E-state index in [1.807, 2.05) is 12.1 Å². The van der Waals surface area contributed by atoms with Crippen molar-refractivity contribution in [3.05, 3.63) is 18.3 Å². The second kappa shape index (κ2) is 7.83. The third-order valence-electron chi connectivity index (χ3n) is 3.69. The van der Waals surface area contributed by atoms with Crippen LogP contribution < -0.4 is 16.0 Å². The summed E-state index contributed by atoms with van der Waals surface area (Å²) in [6.07, 6.45) is 3.83. The van der Waals surface area contributed by atoms with Gasteiger partial charge in [0.25, 0.3) is 0 Å². The molecule has 1 aliphatic rings. The molecule has 1 aromatic heterocycles. The molecule has 0 unspecified atom stereocenters. The number of carbonyl (C=O) groups excluding carboxylic acids is 1. The van der Waals surface area contributed by atoms with Gasteiger partial charge in [-0.2, -0.15) is 0 Å². The Labute approximate surface area is 126 Å². The van der Waals surface area contributed by atoms with Crippen LogP contribution in [-0.2, 0) is 4.79 Å². The Balaban J connectivity index is 1.73. The van der Waals surface area contributed by atoms with E-state index in [4.69, 9.17) is 5.73 Å². The number of nitrogen functional groups attached to an aromatic ring is 1. The van der Waals surface area contributed by atoms with Crippen LogP contribution in [-0.4, -0.2) is 55.1 Å². The van der Waals surface area contributed by atoms with Crippen LogP contribution in [0, 0.1) is 0 Å². The van der Waals surface area contributed by atoms with Crippen LogP contribution in [0.4, 0.5) is 11.5 Å². The van der Waals surface area contributed by atoms with Gasteiger partial charge in [-0.15, -0.1) is 0 Å². The third-order valence-corrected chi connectivity index (χ3v) is 3.69. The SMILES string of the molecule is CCCCNC(=O)CN1CCN(c2ccc(N)cn2)CC1. The van der Waals surface area contributed by atoms with Crippen molar-refractivity contribution in [2.24, 2.45) is 0 Å². The molecule has 2 rings (SSSR count). The molecular formula is C15H25N5O. The lowest BCUT2D eigenvalue weighted by molar-refractivity contribution is -0.122. The highest BCUT2D eigenvalue weighted by atomic mass is 16.2. The molecule has 0 bridgehead atoms. The van der Waals surface area contributed by atoms with Crippen molar-refractivity contribution < 1.29 is 4.79 Å². The summed E-state index contributed by atoms with van der Waals surface area (Å²) in [4.78, 5) is 20.5. The van der Waals surface area contributed by atoms with Gasteiger partial charge in [0.05, 0.1) is 18.4 Å². The van der Waals surface area contributed by atoms with Crippen molar-refractivity contribution in [2.75, 3.05) is 49.9 Å². The second-order valence-corrected chi connectivity index (χ2v) is 5.42. The van der Waals surface area contributed by atoms with Crippen LogP contribution >= 0.6 is 0 Å². The van der Waals surface area contributed by atoms with Crippen LogP contribution in [0.5, 0.6) is 0 Å². The number of piperazine rings is 1. The van der Waals surface area contributed by atoms with E-state index in [0.29, 0.717) is 12.2 Å². The van der Waals surface area contributed by atoms with Crippen LogP contribution in [0.25, 0.3) is 0 Å². The van der Waals surface area contributed by atoms with Crippen molar-refractivity contribution >= 4 is 17.4 Å². The molecule has 0 saturated carbocycles. The molecule has 21 heavy (non-hydrogen) atoms. The van der Waals surface area contributed by atoms with Crippen molar-refractivity contribution in [2.45, 2.75) is 19.8 Å². The fraction of sp³-hybridized carbons (Fsp3) is 0.600. The molecule has 116 valence electrons. The summed E-state index contributed by atoms with van der Waals surface area (Å²) in [5.41, 5.74) is 6.33. The number of anilines is 2. The molecule has 0 radical (unpaired) electrons. The molecule has 0 atom stereocenters. The maximum atomic E-state index is 11.8. The number of aromatic nitrogens is 1. The standard InChI is InChI=1S/C15H25N5O/c1-2-3-6-17-15(21)12-19-7-9-20(10-8-19)14-5-4-13(16)11-18-14/h4-5,11H,2-3,6-10,12,16H2,1H3,(H,17,21). The molecule has 0 aliphatic carbocycles. The van der Waals surface area contributed by atoms with E-state index in [0.717, 1.165) is 51.4 Å². The minimum absolute atomic E-state index is 0.127. The van der Waals surface area contributed by atoms with Crippen molar-refractivity contribution in [3.63, 3.8) is 0 Å². The molecule has 1 saturated heterocycles. The van der Waals surface area contributed by atoms with E-state index in [9.17, 15) is 4.79 Å². The summed E-state index contributed by atoms with van der Waals surface area (Å²) < 4.78 is 0. The van der Waals surface area contributed by atoms with Gasteiger partial charge in [-0.05, 0) is 18.6 Å². The molecule has 3 N–H and O–H groups in total. The second-order valence-electron chi connectivity index (χ2n) is 5.42. The van der Waals surface area contributed by atoms with Crippen molar-refractivity contribution in [1.82, 2.24) is 15.2 Å². The lowest BCUT2D eigenvalue weighted by Gasteiger charge is -2.35. The molecule has 6 heteroatoms. The fourth-order valence-corrected chi connectivity index (χ4v) is 2.38. The number of rotatable bonds is 6. The summed E-state index contributed by atoms with van der Waals surface area (Å²) in [5.74, 6) is 1.08. The molecule has 0 aromatic carbocycles. The van der Waals surface area contributed by atoms with E-state index in [2.05, 4.69) is 27.0 Å². The monoisotopic (exact) mass is 291 g/mol. The van der Waals surface area contributed by atoms with Gasteiger partial charge in [-0.25, -0.2) is 4.98 Å². The molecule has 0 spiro atoms. The Bertz CT molecular complexity index is 440. The minimum Gasteiger partial charge on any atom is -0.397 e. The number of nitrogens with zero attached hydrogens (tertiary/aromatic N) is 3. The van der Waals surface area contributed by atoms with E-state index >= 15 is 0 Å². The number of hydrogen-bond donors (Lipinski definition) is 2. The first-order valence-electron chi connectivity index (χ1n) is 7.64. The lowest BCUT2D eigenvalue weighted by Crippen LogP contribution is -2.49. The summed E-state index contributed by atoms with van der Waals surface area (Å²) in [6.45, 7) is 6.94. The first-order valence-corrected chi connectivity index (χ1v) is 7.64. The zero-order valence-electron chi connectivity index (χ0n) is 12.7. The van der Waals surface area contributed by atoms with Gasteiger partial charge >= 0.3 is 0 Å². The highest BCUT2D eigenvalue weighted by molar-refractivity contribution is 5.78. The predicted octanol–water partition coefficient (Wildman–Crippen LogP) is 0.702. The molecule has 1 aliphatic heterocycles. The van der Waals surface area contributed by atoms with Gasteiger partial charge < -0.3 is 16.0 Å². The molecule has 1 fully saturated rings. The van der Waals surface area contributed by atoms with E-state index in [-0.39, 0.29) is 5.91 Å². The number of pyridine rings is 1. The largest absolute Gasteiger partial charge is 0.397 e. The highest BCUT2D eigenvalue weighted by Crippen LogP contribution is 2.14. The van der Waals surface area contributed by atoms with Crippen molar-refractivity contribution in [1.29, 1.82) is 0 Å². The molecule has 1 aromatic rings. The van der Waals surface area contributed by atoms with Crippen molar-refractivity contribution in [3.8, 4) is 0 Å². The van der Waals surface area contributed by atoms with Crippen LogP contribution in [0.2, 0.25) is 0 Å². The summed E-state index contributed by atoms with van der Waals surface area (Å²) in [7, 11) is 0. The first kappa shape index (κ1) is 15.6. The Morgan fingerprint density at radius 2 is 2.10 bits per heavy atom. The smallest absolute Gasteiger partial charge is 0.234 e. The topological polar surface area (TPSA) is 74.5 Å². The molecule has 6 nitrogen and oxygen atoms in total. The zero-order valence-corrected chi connectivity index (χ0v) is 12.7. The summed E-state index contributed by atoms with van der Waals surface area (Å²) in [5, 5.41) is 2.96. The van der Waals surface area contributed by atoms with Gasteiger partial charge in [0.15, 0.2) is 0 Å². The molecule has 1 amide bonds. The highest BCUT2D eigenvalue weighted by Gasteiger charge is 2.19. The van der Waals surface area contributed by atoms with Gasteiger partial charge in [-0.1, -0.05) is 13.3 Å². The normalized spacial score (nSPS) is 16.0. The number of unbranched alkanes of at least 4 members (excludes halogenated alkanes) is 1. The number of nitrogens with one attached hydrogen (secondary N) is 1. The maximum absolute atomic E-state index is 11.8. The Morgan fingerprint density at radius 1 is 1.33 bits per heavy atom. The fourth-order valence-electron chi connectivity index (χ4n) is 2.38. The summed E-state index contributed by atoms with van der Waals surface area (Å²) in [6, 6.07) is 3.82. The van der Waals surface area contributed by atoms with Gasteiger partial charge in [0.2, 0.25) is 5.91 Å². The van der Waals surface area contributed by atoms with E-state index < -0.39 is 0 Å². The minimum atomic E-state index is 0.127. The average Bonchev–Trinajstić information content (AvgIpc) is 2.49. The predicted molar refractivity (Wildman–Crippen MR) is 85.2 cm³/mol. The van der Waals surface area contributed by atoms with Crippen LogP contribution in [0.15, 0.2) is 18.3 Å². The molecular weight excluding hydrogens is 266 g/mol. The van der Waals surface area contributed by atoms with Crippen LogP contribution in [0.1, 0.15) is 19.8 Å². The number of hydrogen-bond acceptors (Lipinski definition) is 5. The number of amides is 1. The van der Waals surface area contributed by atoms with E-state index in [1.54, 1.807) is 6.20 Å². The maximum Gasteiger partial charge on any atom is 0.234 e. The average molecular weight is 291 g/mol. The van der Waals surface area contributed by atoms with Crippen LogP contribution in [0.3, 0.4) is 0 Å². The number of nitrogens with two attached hydrogens (primary N) is 1. The third kappa shape index (κ3) is 4.90. The van der Waals surface area contributed by atoms with Gasteiger partial charge in [0, 0.05) is 32.7 Å². The number of carbonyl (C=O) groups is 1. The van der Waals surface area contributed by atoms with Gasteiger partial charge in [-0.3, -0.25) is 9.69 Å².